The van der Waals surface area contributed by atoms with Crippen molar-refractivity contribution in [3.8, 4) is 0 Å². The highest BCUT2D eigenvalue weighted by atomic mass is 19.4. The maximum absolute atomic E-state index is 12.2. The van der Waals surface area contributed by atoms with Crippen molar-refractivity contribution in [3.05, 3.63) is 17.5 Å². The van der Waals surface area contributed by atoms with Crippen LogP contribution >= 0.6 is 0 Å². The summed E-state index contributed by atoms with van der Waals surface area (Å²) in [4.78, 5) is 10.3. The summed E-state index contributed by atoms with van der Waals surface area (Å²) in [6.07, 6.45) is -4.02. The van der Waals surface area contributed by atoms with Crippen LogP contribution in [0, 0.1) is 0 Å². The Morgan fingerprint density at radius 2 is 1.93 bits per heavy atom. The number of hydrogen-bond donors (Lipinski definition) is 1. The molecule has 0 bridgehead atoms. The number of aromatic carboxylic acids is 1. The van der Waals surface area contributed by atoms with Crippen LogP contribution in [0.2, 0.25) is 0 Å². The molecule has 1 aromatic rings. The van der Waals surface area contributed by atoms with Crippen LogP contribution in [0.3, 0.4) is 0 Å². The monoisotopic (exact) mass is 224 g/mol. The molecule has 7 heteroatoms. The maximum Gasteiger partial charge on any atom is 0.433 e. The van der Waals surface area contributed by atoms with Gasteiger partial charge in [-0.25, -0.2) is 4.79 Å². The zero-order valence-electron chi connectivity index (χ0n) is 8.46. The van der Waals surface area contributed by atoms with Crippen LogP contribution in [-0.2, 0) is 13.2 Å². The van der Waals surface area contributed by atoms with Gasteiger partial charge in [0.05, 0.1) is 6.20 Å². The molecule has 0 fully saturated rings. The van der Waals surface area contributed by atoms with Crippen molar-refractivity contribution in [1.82, 2.24) is 9.78 Å². The number of rotatable bonds is 1. The minimum absolute atomic E-state index is 0.490. The highest BCUT2D eigenvalue weighted by molar-refractivity contribution is 5.88. The summed E-state index contributed by atoms with van der Waals surface area (Å²) < 4.78 is 37.0. The molecule has 0 aromatic carbocycles. The molecule has 1 aromatic heterocycles. The van der Waals surface area contributed by atoms with Crippen LogP contribution in [0.1, 0.15) is 29.9 Å². The minimum Gasteiger partial charge on any atom is -0.478 e. The van der Waals surface area contributed by atoms with Gasteiger partial charge in [0.2, 0.25) is 0 Å². The first-order valence-corrected chi connectivity index (χ1v) is 4.16. The summed E-state index contributed by atoms with van der Waals surface area (Å²) in [6, 6.07) is 0. The molecule has 0 saturated carbocycles. The highest BCUT2D eigenvalue weighted by Gasteiger charge is 2.39. The van der Waals surface area contributed by atoms with Gasteiger partial charge in [-0.2, -0.15) is 18.3 Å². The normalized spacial score (nSPS) is 10.5. The van der Waals surface area contributed by atoms with Gasteiger partial charge >= 0.3 is 12.1 Å². The second-order valence-electron chi connectivity index (χ2n) is 2.33. The van der Waals surface area contributed by atoms with E-state index in [1.807, 2.05) is 13.8 Å². The van der Waals surface area contributed by atoms with Gasteiger partial charge < -0.3 is 5.11 Å². The Morgan fingerprint density at radius 1 is 1.47 bits per heavy atom. The summed E-state index contributed by atoms with van der Waals surface area (Å²) in [7, 11) is 1.04. The van der Waals surface area contributed by atoms with E-state index < -0.39 is 23.4 Å². The van der Waals surface area contributed by atoms with Gasteiger partial charge in [0, 0.05) is 7.05 Å². The Kier molecular flexibility index (Phi) is 4.32. The molecule has 0 atom stereocenters. The number of aromatic nitrogens is 2. The first-order valence-electron chi connectivity index (χ1n) is 4.16. The van der Waals surface area contributed by atoms with E-state index in [9.17, 15) is 18.0 Å². The number of nitrogens with zero attached hydrogens (tertiary/aromatic N) is 2. The largest absolute Gasteiger partial charge is 0.478 e. The van der Waals surface area contributed by atoms with Crippen molar-refractivity contribution in [2.24, 2.45) is 7.05 Å². The third kappa shape index (κ3) is 2.97. The molecule has 0 unspecified atom stereocenters. The van der Waals surface area contributed by atoms with E-state index in [0.29, 0.717) is 10.9 Å². The second-order valence-corrected chi connectivity index (χ2v) is 2.33. The fraction of sp³-hybridized carbons (Fsp3) is 0.500. The molecular formula is C8H11F3N2O2. The Labute approximate surface area is 84.3 Å². The third-order valence-corrected chi connectivity index (χ3v) is 1.44. The summed E-state index contributed by atoms with van der Waals surface area (Å²) in [6.45, 7) is 4.00. The topological polar surface area (TPSA) is 55.1 Å². The molecule has 0 amide bonds. The van der Waals surface area contributed by atoms with Crippen molar-refractivity contribution in [2.75, 3.05) is 0 Å². The molecule has 1 heterocycles. The summed E-state index contributed by atoms with van der Waals surface area (Å²) in [5.41, 5.74) is -2.09. The van der Waals surface area contributed by atoms with Gasteiger partial charge in [0.25, 0.3) is 0 Å². The summed E-state index contributed by atoms with van der Waals surface area (Å²) >= 11 is 0. The van der Waals surface area contributed by atoms with Crippen LogP contribution < -0.4 is 0 Å². The lowest BCUT2D eigenvalue weighted by molar-refractivity contribution is -0.144. The number of aryl methyl sites for hydroxylation is 1. The van der Waals surface area contributed by atoms with Crippen LogP contribution in [0.4, 0.5) is 13.2 Å². The zero-order chi connectivity index (χ0) is 12.2. The summed E-state index contributed by atoms with van der Waals surface area (Å²) in [5.74, 6) is -1.64. The Balaban J connectivity index is 0.000000921. The fourth-order valence-corrected chi connectivity index (χ4v) is 0.930. The number of carboxylic acid groups (broad SMARTS) is 1. The van der Waals surface area contributed by atoms with Crippen molar-refractivity contribution < 1.29 is 23.1 Å². The van der Waals surface area contributed by atoms with Crippen molar-refractivity contribution in [1.29, 1.82) is 0 Å². The lowest BCUT2D eigenvalue weighted by atomic mass is 10.2. The second kappa shape index (κ2) is 4.81. The zero-order valence-corrected chi connectivity index (χ0v) is 8.46. The van der Waals surface area contributed by atoms with Crippen molar-refractivity contribution >= 4 is 5.97 Å². The Hall–Kier alpha value is -1.53. The van der Waals surface area contributed by atoms with Gasteiger partial charge in [-0.1, -0.05) is 13.8 Å². The van der Waals surface area contributed by atoms with Crippen LogP contribution in [0.5, 0.6) is 0 Å². The van der Waals surface area contributed by atoms with Gasteiger partial charge in [0.1, 0.15) is 5.56 Å². The molecule has 0 saturated heterocycles. The third-order valence-electron chi connectivity index (χ3n) is 1.44. The minimum atomic E-state index is -4.70. The number of carbonyl (C=O) groups is 1. The van der Waals surface area contributed by atoms with Crippen LogP contribution in [0.15, 0.2) is 6.20 Å². The molecular weight excluding hydrogens is 213 g/mol. The quantitative estimate of drug-likeness (QED) is 0.795. The smallest absolute Gasteiger partial charge is 0.433 e. The molecule has 15 heavy (non-hydrogen) atoms. The molecule has 0 aliphatic carbocycles. The molecule has 0 radical (unpaired) electrons. The molecule has 0 aliphatic heterocycles. The number of halogens is 3. The predicted molar refractivity (Wildman–Crippen MR) is 46.5 cm³/mol. The van der Waals surface area contributed by atoms with E-state index in [0.717, 1.165) is 7.05 Å². The molecule has 86 valence electrons. The van der Waals surface area contributed by atoms with E-state index in [1.54, 1.807) is 0 Å². The van der Waals surface area contributed by atoms with Gasteiger partial charge in [-0.3, -0.25) is 4.68 Å². The average molecular weight is 224 g/mol. The molecule has 1 rings (SSSR count). The lowest BCUT2D eigenvalue weighted by Crippen LogP contribution is -2.16. The fourth-order valence-electron chi connectivity index (χ4n) is 0.930. The first kappa shape index (κ1) is 13.5. The van der Waals surface area contributed by atoms with Gasteiger partial charge in [-0.05, 0) is 0 Å². The Bertz CT molecular complexity index is 344. The van der Waals surface area contributed by atoms with Crippen molar-refractivity contribution in [3.63, 3.8) is 0 Å². The average Bonchev–Trinajstić information content (AvgIpc) is 2.50. The molecule has 0 aliphatic rings. The van der Waals surface area contributed by atoms with Crippen LogP contribution in [-0.4, -0.2) is 20.9 Å². The first-order chi connectivity index (χ1) is 6.84. The SMILES string of the molecule is CC.Cn1ncc(C(=O)O)c1C(F)(F)F. The molecule has 1 N–H and O–H groups in total. The van der Waals surface area contributed by atoms with E-state index in [-0.39, 0.29) is 0 Å². The van der Waals surface area contributed by atoms with Crippen molar-refractivity contribution in [2.45, 2.75) is 20.0 Å². The summed E-state index contributed by atoms with van der Waals surface area (Å²) in [5, 5.41) is 11.6. The van der Waals surface area contributed by atoms with E-state index in [1.165, 1.54) is 0 Å². The lowest BCUT2D eigenvalue weighted by Gasteiger charge is -2.07. The Morgan fingerprint density at radius 3 is 2.20 bits per heavy atom. The number of hydrogen-bond acceptors (Lipinski definition) is 2. The maximum atomic E-state index is 12.2. The van der Waals surface area contributed by atoms with E-state index in [4.69, 9.17) is 5.11 Å². The molecule has 0 spiro atoms. The molecule has 4 nitrogen and oxygen atoms in total. The van der Waals surface area contributed by atoms with Crippen LogP contribution in [0.25, 0.3) is 0 Å². The number of carboxylic acids is 1. The highest BCUT2D eigenvalue weighted by Crippen LogP contribution is 2.31. The van der Waals surface area contributed by atoms with E-state index >= 15 is 0 Å². The van der Waals surface area contributed by atoms with Gasteiger partial charge in [-0.15, -0.1) is 0 Å². The number of alkyl halides is 3. The predicted octanol–water partition coefficient (Wildman–Crippen LogP) is 2.16. The van der Waals surface area contributed by atoms with Gasteiger partial charge in [0.15, 0.2) is 5.69 Å². The van der Waals surface area contributed by atoms with E-state index in [2.05, 4.69) is 5.10 Å². The standard InChI is InChI=1S/C6H5F3N2O2.C2H6/c1-11-4(6(7,8)9)3(2-10-11)5(12)13;1-2/h2H,1H3,(H,12,13);1-2H3.